The molecule has 5 nitrogen and oxygen atoms in total. The topological polar surface area (TPSA) is 73.1 Å². The van der Waals surface area contributed by atoms with E-state index in [4.69, 9.17) is 10.6 Å². The second-order valence-corrected chi connectivity index (χ2v) is 5.79. The molecule has 0 radical (unpaired) electrons. The summed E-state index contributed by atoms with van der Waals surface area (Å²) in [5.74, 6) is 7.86. The van der Waals surface area contributed by atoms with Gasteiger partial charge in [-0.05, 0) is 5.25 Å². The molecule has 94 valence electrons. The summed E-state index contributed by atoms with van der Waals surface area (Å²) in [6, 6.07) is 0. The molecule has 3 N–H and O–H groups in total. The first-order valence-corrected chi connectivity index (χ1v) is 6.80. The van der Waals surface area contributed by atoms with E-state index >= 15 is 0 Å². The molecule has 2 rings (SSSR count). The number of nitrogens with zero attached hydrogens (tertiary/aromatic N) is 2. The van der Waals surface area contributed by atoms with E-state index in [2.05, 4.69) is 29.2 Å². The fraction of sp³-hybridized carbons (Fsp3) is 0.636. The molecular formula is C11H18N4OS. The maximum atomic E-state index is 5.50. The van der Waals surface area contributed by atoms with Crippen molar-refractivity contribution in [3.8, 4) is 0 Å². The minimum absolute atomic E-state index is 0.548. The molecule has 6 heteroatoms. The van der Waals surface area contributed by atoms with Gasteiger partial charge in [-0.2, -0.15) is 11.8 Å². The van der Waals surface area contributed by atoms with Gasteiger partial charge >= 0.3 is 0 Å². The van der Waals surface area contributed by atoms with Gasteiger partial charge in [-0.15, -0.1) is 0 Å². The van der Waals surface area contributed by atoms with Crippen LogP contribution >= 0.6 is 11.8 Å². The Morgan fingerprint density at radius 1 is 1.47 bits per heavy atom. The van der Waals surface area contributed by atoms with Gasteiger partial charge < -0.3 is 10.2 Å². The van der Waals surface area contributed by atoms with E-state index in [1.165, 1.54) is 0 Å². The summed E-state index contributed by atoms with van der Waals surface area (Å²) in [6.07, 6.45) is 0.839. The molecule has 0 saturated heterocycles. The zero-order valence-electron chi connectivity index (χ0n) is 10.2. The lowest BCUT2D eigenvalue weighted by Gasteiger charge is -2.19. The molecule has 0 unspecified atom stereocenters. The molecule has 0 aliphatic carbocycles. The van der Waals surface area contributed by atoms with Crippen molar-refractivity contribution in [3.63, 3.8) is 0 Å². The molecule has 1 aliphatic heterocycles. The number of anilines is 1. The van der Waals surface area contributed by atoms with Gasteiger partial charge in [0.15, 0.2) is 0 Å². The predicted molar refractivity (Wildman–Crippen MR) is 69.6 cm³/mol. The van der Waals surface area contributed by atoms with Crippen LogP contribution in [0.5, 0.6) is 0 Å². The van der Waals surface area contributed by atoms with E-state index in [1.807, 2.05) is 11.8 Å². The number of hydrogen-bond acceptors (Lipinski definition) is 6. The number of fused-ring (bicyclic) bond motifs is 1. The lowest BCUT2D eigenvalue weighted by atomic mass is 10.1. The standard InChI is InChI=1S/C11H18N4OS/c1-7(2)17-6-10-13-9-3-4-16-5-8(9)11(14-10)15-12/h7H,3-6,12H2,1-2H3,(H,13,14,15). The van der Waals surface area contributed by atoms with Crippen LogP contribution < -0.4 is 11.3 Å². The number of nitrogen functional groups attached to an aromatic ring is 1. The highest BCUT2D eigenvalue weighted by Gasteiger charge is 2.17. The first-order chi connectivity index (χ1) is 8.20. The Hall–Kier alpha value is -0.850. The van der Waals surface area contributed by atoms with Crippen molar-refractivity contribution in [1.82, 2.24) is 9.97 Å². The molecule has 2 heterocycles. The van der Waals surface area contributed by atoms with E-state index in [-0.39, 0.29) is 0 Å². The van der Waals surface area contributed by atoms with Crippen LogP contribution in [0.4, 0.5) is 5.82 Å². The molecule has 0 bridgehead atoms. The predicted octanol–water partition coefficient (Wildman–Crippen LogP) is 1.48. The third-order valence-corrected chi connectivity index (χ3v) is 3.64. The zero-order chi connectivity index (χ0) is 12.3. The Labute approximate surface area is 106 Å². The molecule has 0 atom stereocenters. The molecule has 0 aromatic carbocycles. The fourth-order valence-corrected chi connectivity index (χ4v) is 2.32. The number of hydrogen-bond donors (Lipinski definition) is 2. The summed E-state index contributed by atoms with van der Waals surface area (Å²) in [5, 5.41) is 0.576. The number of rotatable bonds is 4. The lowest BCUT2D eigenvalue weighted by Crippen LogP contribution is -2.20. The number of ether oxygens (including phenoxy) is 1. The average Bonchev–Trinajstić information content (AvgIpc) is 2.35. The van der Waals surface area contributed by atoms with E-state index < -0.39 is 0 Å². The van der Waals surface area contributed by atoms with Gasteiger partial charge in [0.05, 0.1) is 24.7 Å². The Balaban J connectivity index is 2.23. The van der Waals surface area contributed by atoms with Gasteiger partial charge in [-0.1, -0.05) is 13.8 Å². The number of thioether (sulfide) groups is 1. The summed E-state index contributed by atoms with van der Waals surface area (Å²) in [5.41, 5.74) is 4.71. The number of nitrogens with two attached hydrogens (primary N) is 1. The largest absolute Gasteiger partial charge is 0.376 e. The van der Waals surface area contributed by atoms with Gasteiger partial charge in [0.1, 0.15) is 11.6 Å². The van der Waals surface area contributed by atoms with E-state index in [0.29, 0.717) is 17.7 Å². The van der Waals surface area contributed by atoms with Gasteiger partial charge in [0, 0.05) is 12.0 Å². The molecule has 0 amide bonds. The van der Waals surface area contributed by atoms with Gasteiger partial charge in [0.2, 0.25) is 0 Å². The zero-order valence-corrected chi connectivity index (χ0v) is 11.0. The van der Waals surface area contributed by atoms with Crippen LogP contribution in [0.25, 0.3) is 0 Å². The Morgan fingerprint density at radius 3 is 3.00 bits per heavy atom. The van der Waals surface area contributed by atoms with Crippen molar-refractivity contribution in [2.75, 3.05) is 12.0 Å². The maximum Gasteiger partial charge on any atom is 0.149 e. The van der Waals surface area contributed by atoms with Crippen molar-refractivity contribution in [3.05, 3.63) is 17.1 Å². The fourth-order valence-electron chi connectivity index (χ4n) is 1.71. The van der Waals surface area contributed by atoms with Gasteiger partial charge in [0.25, 0.3) is 0 Å². The van der Waals surface area contributed by atoms with Crippen molar-refractivity contribution < 1.29 is 4.74 Å². The minimum atomic E-state index is 0.548. The third kappa shape index (κ3) is 3.08. The number of nitrogens with one attached hydrogen (secondary N) is 1. The summed E-state index contributed by atoms with van der Waals surface area (Å²) in [6.45, 7) is 5.61. The lowest BCUT2D eigenvalue weighted by molar-refractivity contribution is 0.109. The van der Waals surface area contributed by atoms with Crippen LogP contribution in [-0.2, 0) is 23.5 Å². The highest BCUT2D eigenvalue weighted by Crippen LogP contribution is 2.23. The quantitative estimate of drug-likeness (QED) is 0.626. The molecule has 1 aliphatic rings. The highest BCUT2D eigenvalue weighted by molar-refractivity contribution is 7.99. The van der Waals surface area contributed by atoms with E-state index in [9.17, 15) is 0 Å². The SMILES string of the molecule is CC(C)SCc1nc2c(c(NN)n1)COCC2. The average molecular weight is 254 g/mol. The Kier molecular flexibility index (Phi) is 4.20. The molecule has 0 fully saturated rings. The third-order valence-electron chi connectivity index (χ3n) is 2.55. The first kappa shape index (κ1) is 12.6. The Morgan fingerprint density at radius 2 is 2.29 bits per heavy atom. The minimum Gasteiger partial charge on any atom is -0.376 e. The van der Waals surface area contributed by atoms with Crippen LogP contribution in [0.1, 0.15) is 30.9 Å². The van der Waals surface area contributed by atoms with E-state index in [1.54, 1.807) is 0 Å². The molecule has 1 aromatic rings. The molecular weight excluding hydrogens is 236 g/mol. The monoisotopic (exact) mass is 254 g/mol. The first-order valence-electron chi connectivity index (χ1n) is 5.75. The number of aromatic nitrogens is 2. The summed E-state index contributed by atoms with van der Waals surface area (Å²) < 4.78 is 5.40. The van der Waals surface area contributed by atoms with Crippen molar-refractivity contribution in [2.45, 2.75) is 37.9 Å². The van der Waals surface area contributed by atoms with Crippen LogP contribution in [0.3, 0.4) is 0 Å². The van der Waals surface area contributed by atoms with Crippen LogP contribution in [0, 0.1) is 0 Å². The van der Waals surface area contributed by atoms with Gasteiger partial charge in [-0.3, -0.25) is 0 Å². The van der Waals surface area contributed by atoms with Crippen LogP contribution in [-0.4, -0.2) is 21.8 Å². The van der Waals surface area contributed by atoms with Gasteiger partial charge in [-0.25, -0.2) is 15.8 Å². The molecule has 17 heavy (non-hydrogen) atoms. The normalized spacial score (nSPS) is 14.8. The van der Waals surface area contributed by atoms with Crippen molar-refractivity contribution in [1.29, 1.82) is 0 Å². The molecule has 0 saturated carbocycles. The summed E-state index contributed by atoms with van der Waals surface area (Å²) >= 11 is 1.83. The van der Waals surface area contributed by atoms with Crippen LogP contribution in [0.15, 0.2) is 0 Å². The molecule has 1 aromatic heterocycles. The Bertz CT molecular complexity index is 380. The maximum absolute atomic E-state index is 5.50. The molecule has 0 spiro atoms. The smallest absolute Gasteiger partial charge is 0.149 e. The van der Waals surface area contributed by atoms with Crippen molar-refractivity contribution >= 4 is 17.6 Å². The van der Waals surface area contributed by atoms with Crippen LogP contribution in [0.2, 0.25) is 0 Å². The van der Waals surface area contributed by atoms with Crippen molar-refractivity contribution in [2.24, 2.45) is 5.84 Å². The second kappa shape index (κ2) is 5.66. The highest BCUT2D eigenvalue weighted by atomic mass is 32.2. The second-order valence-electron chi connectivity index (χ2n) is 4.22. The summed E-state index contributed by atoms with van der Waals surface area (Å²) in [7, 11) is 0. The number of hydrazine groups is 1. The van der Waals surface area contributed by atoms with E-state index in [0.717, 1.165) is 35.9 Å². The summed E-state index contributed by atoms with van der Waals surface area (Å²) in [4.78, 5) is 9.01.